The van der Waals surface area contributed by atoms with Gasteiger partial charge < -0.3 is 24.6 Å². The van der Waals surface area contributed by atoms with Crippen LogP contribution >= 0.6 is 0 Å². The van der Waals surface area contributed by atoms with Crippen LogP contribution in [-0.4, -0.2) is 49.4 Å². The zero-order chi connectivity index (χ0) is 20.2. The number of nitrogens with zero attached hydrogens (tertiary/aromatic N) is 3. The van der Waals surface area contributed by atoms with Crippen LogP contribution in [0.15, 0.2) is 52.0 Å². The standard InChI is InChI=1S/C22H26N4O3/c1-15(16-3-4-18-12-19(27-2)6-5-17(18)11-16)21-13-20(29-25-21)14-24-22(23)26-7-9-28-10-8-26/h3-6,11-13,15H,7-10,14H2,1-2H3,(H2,23,24). The van der Waals surface area contributed by atoms with Crippen LogP contribution in [0.5, 0.6) is 5.75 Å². The van der Waals surface area contributed by atoms with Crippen molar-refractivity contribution in [2.45, 2.75) is 19.4 Å². The van der Waals surface area contributed by atoms with Gasteiger partial charge in [-0.1, -0.05) is 36.3 Å². The lowest BCUT2D eigenvalue weighted by Gasteiger charge is -2.27. The Morgan fingerprint density at radius 2 is 1.93 bits per heavy atom. The minimum atomic E-state index is 0.111. The molecule has 2 N–H and O–H groups in total. The summed E-state index contributed by atoms with van der Waals surface area (Å²) in [6.07, 6.45) is 0. The van der Waals surface area contributed by atoms with Crippen LogP contribution < -0.4 is 10.5 Å². The molecule has 2 aromatic carbocycles. The van der Waals surface area contributed by atoms with E-state index >= 15 is 0 Å². The monoisotopic (exact) mass is 394 g/mol. The lowest BCUT2D eigenvalue weighted by molar-refractivity contribution is 0.0674. The Bertz CT molecular complexity index is 1010. The highest BCUT2D eigenvalue weighted by atomic mass is 16.5. The van der Waals surface area contributed by atoms with E-state index in [-0.39, 0.29) is 5.92 Å². The van der Waals surface area contributed by atoms with Crippen LogP contribution in [0.25, 0.3) is 10.8 Å². The molecule has 1 aliphatic rings. The van der Waals surface area contributed by atoms with Crippen LogP contribution in [0.3, 0.4) is 0 Å². The van der Waals surface area contributed by atoms with Gasteiger partial charge in [0.1, 0.15) is 12.3 Å². The first kappa shape index (κ1) is 19.3. The second-order valence-corrected chi connectivity index (χ2v) is 7.19. The fraction of sp³-hybridized carbons (Fsp3) is 0.364. The maximum Gasteiger partial charge on any atom is 0.191 e. The molecule has 1 atom stereocenters. The number of morpholine rings is 1. The second kappa shape index (κ2) is 8.53. The molecule has 0 spiro atoms. The summed E-state index contributed by atoms with van der Waals surface area (Å²) in [5.41, 5.74) is 8.14. The largest absolute Gasteiger partial charge is 0.497 e. The molecule has 0 radical (unpaired) electrons. The molecule has 1 fully saturated rings. The molecule has 0 amide bonds. The van der Waals surface area contributed by atoms with Gasteiger partial charge in [-0.05, 0) is 28.5 Å². The third kappa shape index (κ3) is 4.35. The zero-order valence-electron chi connectivity index (χ0n) is 16.8. The molecule has 1 saturated heterocycles. The van der Waals surface area contributed by atoms with Crippen molar-refractivity contribution in [3.05, 3.63) is 59.5 Å². The average Bonchev–Trinajstić information content (AvgIpc) is 3.26. The summed E-state index contributed by atoms with van der Waals surface area (Å²) in [7, 11) is 1.68. The van der Waals surface area contributed by atoms with Crippen LogP contribution in [0.4, 0.5) is 0 Å². The van der Waals surface area contributed by atoms with Gasteiger partial charge in [0.15, 0.2) is 11.7 Å². The van der Waals surface area contributed by atoms with E-state index < -0.39 is 0 Å². The highest BCUT2D eigenvalue weighted by Gasteiger charge is 2.16. The predicted octanol–water partition coefficient (Wildman–Crippen LogP) is 3.14. The molecule has 0 saturated carbocycles. The molecule has 7 heteroatoms. The van der Waals surface area contributed by atoms with Crippen LogP contribution in [0.2, 0.25) is 0 Å². The minimum absolute atomic E-state index is 0.111. The van der Waals surface area contributed by atoms with E-state index in [1.165, 1.54) is 10.9 Å². The van der Waals surface area contributed by atoms with E-state index in [4.69, 9.17) is 19.7 Å². The van der Waals surface area contributed by atoms with Crippen molar-refractivity contribution in [3.8, 4) is 5.75 Å². The van der Waals surface area contributed by atoms with E-state index in [1.807, 2.05) is 23.1 Å². The van der Waals surface area contributed by atoms with Gasteiger partial charge in [0.05, 0.1) is 26.0 Å². The highest BCUT2D eigenvalue weighted by Crippen LogP contribution is 2.28. The topological polar surface area (TPSA) is 86.1 Å². The van der Waals surface area contributed by atoms with Crippen molar-refractivity contribution in [1.82, 2.24) is 10.1 Å². The number of ether oxygens (including phenoxy) is 2. The number of hydrogen-bond acceptors (Lipinski definition) is 5. The SMILES string of the molecule is COc1ccc2cc(C(C)c3cc(C/N=C(\N)N4CCOCC4)on3)ccc2c1. The number of nitrogens with two attached hydrogens (primary N) is 1. The van der Waals surface area contributed by atoms with Crippen molar-refractivity contribution in [2.24, 2.45) is 10.7 Å². The quantitative estimate of drug-likeness (QED) is 0.529. The molecule has 152 valence electrons. The Morgan fingerprint density at radius 3 is 2.72 bits per heavy atom. The number of rotatable bonds is 5. The predicted molar refractivity (Wildman–Crippen MR) is 112 cm³/mol. The van der Waals surface area contributed by atoms with Crippen molar-refractivity contribution >= 4 is 16.7 Å². The van der Waals surface area contributed by atoms with Crippen LogP contribution in [0.1, 0.15) is 29.9 Å². The summed E-state index contributed by atoms with van der Waals surface area (Å²) in [4.78, 5) is 6.46. The maximum atomic E-state index is 6.08. The maximum absolute atomic E-state index is 6.08. The molecule has 2 heterocycles. The number of fused-ring (bicyclic) bond motifs is 1. The van der Waals surface area contributed by atoms with Gasteiger partial charge in [-0.15, -0.1) is 0 Å². The first-order chi connectivity index (χ1) is 14.1. The third-order valence-electron chi connectivity index (χ3n) is 5.32. The van der Waals surface area contributed by atoms with Gasteiger partial charge in [0, 0.05) is 25.1 Å². The van der Waals surface area contributed by atoms with Gasteiger partial charge in [-0.25, -0.2) is 4.99 Å². The fourth-order valence-corrected chi connectivity index (χ4v) is 3.47. The summed E-state index contributed by atoms with van der Waals surface area (Å²) in [6.45, 7) is 5.39. The summed E-state index contributed by atoms with van der Waals surface area (Å²) >= 11 is 0. The van der Waals surface area contributed by atoms with Gasteiger partial charge in [0.25, 0.3) is 0 Å². The molecule has 1 unspecified atom stereocenters. The van der Waals surface area contributed by atoms with E-state index in [2.05, 4.69) is 41.3 Å². The summed E-state index contributed by atoms with van der Waals surface area (Å²) in [5.74, 6) is 2.19. The summed E-state index contributed by atoms with van der Waals surface area (Å²) < 4.78 is 16.1. The van der Waals surface area contributed by atoms with Crippen LogP contribution in [0, 0.1) is 0 Å². The van der Waals surface area contributed by atoms with Crippen molar-refractivity contribution in [3.63, 3.8) is 0 Å². The molecule has 4 rings (SSSR count). The van der Waals surface area contributed by atoms with Gasteiger partial charge in [0.2, 0.25) is 0 Å². The molecule has 29 heavy (non-hydrogen) atoms. The van der Waals surface area contributed by atoms with Gasteiger partial charge in [-0.2, -0.15) is 0 Å². The van der Waals surface area contributed by atoms with Gasteiger partial charge in [-0.3, -0.25) is 0 Å². The first-order valence-electron chi connectivity index (χ1n) is 9.80. The lowest BCUT2D eigenvalue weighted by atomic mass is 9.95. The Balaban J connectivity index is 1.46. The van der Waals surface area contributed by atoms with E-state index in [9.17, 15) is 0 Å². The van der Waals surface area contributed by atoms with Gasteiger partial charge >= 0.3 is 0 Å². The Kier molecular flexibility index (Phi) is 5.67. The second-order valence-electron chi connectivity index (χ2n) is 7.19. The number of benzene rings is 2. The molecule has 3 aromatic rings. The fourth-order valence-electron chi connectivity index (χ4n) is 3.47. The van der Waals surface area contributed by atoms with Crippen LogP contribution in [-0.2, 0) is 11.3 Å². The molecule has 0 aliphatic carbocycles. The van der Waals surface area contributed by atoms with E-state index in [0.717, 1.165) is 29.9 Å². The molecular weight excluding hydrogens is 368 g/mol. The molecule has 0 bridgehead atoms. The Labute approximate surface area is 170 Å². The summed E-state index contributed by atoms with van der Waals surface area (Å²) in [5, 5.41) is 6.57. The first-order valence-corrected chi connectivity index (χ1v) is 9.80. The molecule has 1 aromatic heterocycles. The minimum Gasteiger partial charge on any atom is -0.497 e. The van der Waals surface area contributed by atoms with Crippen molar-refractivity contribution in [1.29, 1.82) is 0 Å². The lowest BCUT2D eigenvalue weighted by Crippen LogP contribution is -2.44. The number of aromatic nitrogens is 1. The smallest absolute Gasteiger partial charge is 0.191 e. The van der Waals surface area contributed by atoms with E-state index in [1.54, 1.807) is 7.11 Å². The number of hydrogen-bond donors (Lipinski definition) is 1. The van der Waals surface area contributed by atoms with Crippen molar-refractivity contribution < 1.29 is 14.0 Å². The molecule has 1 aliphatic heterocycles. The Hall–Kier alpha value is -3.06. The normalized spacial score (nSPS) is 16.2. The zero-order valence-corrected chi connectivity index (χ0v) is 16.8. The average molecular weight is 394 g/mol. The van der Waals surface area contributed by atoms with Crippen molar-refractivity contribution in [2.75, 3.05) is 33.4 Å². The Morgan fingerprint density at radius 1 is 1.17 bits per heavy atom. The number of guanidine groups is 1. The molecule has 7 nitrogen and oxygen atoms in total. The third-order valence-corrected chi connectivity index (χ3v) is 5.32. The summed E-state index contributed by atoms with van der Waals surface area (Å²) in [6, 6.07) is 14.5. The molecular formula is C22H26N4O3. The van der Waals surface area contributed by atoms with E-state index in [0.29, 0.717) is 31.5 Å². The number of aliphatic imine (C=N–C) groups is 1. The number of methoxy groups -OCH3 is 1. The highest BCUT2D eigenvalue weighted by molar-refractivity contribution is 5.84.